The largest absolute Gasteiger partial charge is 0.469 e. The fourth-order valence-corrected chi connectivity index (χ4v) is 6.20. The Kier molecular flexibility index (Phi) is 8.33. The molecule has 0 saturated carbocycles. The Morgan fingerprint density at radius 3 is 2.41 bits per heavy atom. The lowest BCUT2D eigenvalue weighted by molar-refractivity contribution is -0.143. The van der Waals surface area contributed by atoms with Gasteiger partial charge >= 0.3 is 5.97 Å². The van der Waals surface area contributed by atoms with Crippen LogP contribution in [0.5, 0.6) is 0 Å². The van der Waals surface area contributed by atoms with Gasteiger partial charge < -0.3 is 9.64 Å². The van der Waals surface area contributed by atoms with E-state index in [2.05, 4.69) is 0 Å². The molecule has 32 heavy (non-hydrogen) atoms. The SMILES string of the molecule is COC(=O)CCN(CC(C)C)C(=O)C1CCN(S(=O)(=O)c2ccc3c(c2)CCCC3)CC1. The Hall–Kier alpha value is -1.93. The predicted molar refractivity (Wildman–Crippen MR) is 123 cm³/mol. The molecule has 0 N–H and O–H groups in total. The quantitative estimate of drug-likeness (QED) is 0.552. The molecule has 1 saturated heterocycles. The van der Waals surface area contributed by atoms with Crippen molar-refractivity contribution in [3.63, 3.8) is 0 Å². The van der Waals surface area contributed by atoms with E-state index in [0.29, 0.717) is 43.9 Å². The number of rotatable bonds is 8. The lowest BCUT2D eigenvalue weighted by Gasteiger charge is -2.34. The van der Waals surface area contributed by atoms with E-state index in [1.807, 2.05) is 26.0 Å². The molecule has 1 heterocycles. The van der Waals surface area contributed by atoms with Crippen molar-refractivity contribution in [1.29, 1.82) is 0 Å². The van der Waals surface area contributed by atoms with Crippen molar-refractivity contribution >= 4 is 21.9 Å². The van der Waals surface area contributed by atoms with Crippen LogP contribution in [0.1, 0.15) is 57.1 Å². The number of ether oxygens (including phenoxy) is 1. The van der Waals surface area contributed by atoms with Gasteiger partial charge in [0.1, 0.15) is 0 Å². The number of amides is 1. The maximum absolute atomic E-state index is 13.2. The molecule has 0 bridgehead atoms. The fourth-order valence-electron chi connectivity index (χ4n) is 4.68. The van der Waals surface area contributed by atoms with Crippen LogP contribution in [0.25, 0.3) is 0 Å². The molecule has 0 unspecified atom stereocenters. The number of piperidine rings is 1. The third-order valence-electron chi connectivity index (χ3n) is 6.47. The van der Waals surface area contributed by atoms with Crippen molar-refractivity contribution in [3.05, 3.63) is 29.3 Å². The molecule has 8 heteroatoms. The summed E-state index contributed by atoms with van der Waals surface area (Å²) in [5.74, 6) is -0.270. The van der Waals surface area contributed by atoms with Crippen LogP contribution < -0.4 is 0 Å². The first-order chi connectivity index (χ1) is 15.2. The Morgan fingerprint density at radius 2 is 1.78 bits per heavy atom. The van der Waals surface area contributed by atoms with E-state index in [4.69, 9.17) is 4.74 Å². The number of sulfonamides is 1. The summed E-state index contributed by atoms with van der Waals surface area (Å²) in [6.45, 7) is 5.64. The molecule has 0 aromatic heterocycles. The molecule has 2 aliphatic rings. The van der Waals surface area contributed by atoms with Gasteiger partial charge in [0, 0.05) is 32.1 Å². The summed E-state index contributed by atoms with van der Waals surface area (Å²) < 4.78 is 32.7. The van der Waals surface area contributed by atoms with Gasteiger partial charge in [-0.1, -0.05) is 19.9 Å². The van der Waals surface area contributed by atoms with E-state index in [-0.39, 0.29) is 30.1 Å². The number of esters is 1. The second-order valence-electron chi connectivity index (χ2n) is 9.32. The van der Waals surface area contributed by atoms with E-state index in [9.17, 15) is 18.0 Å². The fraction of sp³-hybridized carbons (Fsp3) is 0.667. The second kappa shape index (κ2) is 10.8. The minimum atomic E-state index is -3.56. The molecule has 1 aliphatic carbocycles. The summed E-state index contributed by atoms with van der Waals surface area (Å²) in [5, 5.41) is 0. The molecule has 1 aliphatic heterocycles. The predicted octanol–water partition coefficient (Wildman–Crippen LogP) is 3.01. The molecule has 178 valence electrons. The van der Waals surface area contributed by atoms with Gasteiger partial charge in [0.25, 0.3) is 0 Å². The highest BCUT2D eigenvalue weighted by molar-refractivity contribution is 7.89. The van der Waals surface area contributed by atoms with Crippen molar-refractivity contribution in [2.45, 2.75) is 63.7 Å². The first-order valence-electron chi connectivity index (χ1n) is 11.7. The highest BCUT2D eigenvalue weighted by Crippen LogP contribution is 2.29. The van der Waals surface area contributed by atoms with E-state index in [1.165, 1.54) is 17.0 Å². The van der Waals surface area contributed by atoms with Crippen LogP contribution in [-0.4, -0.2) is 62.8 Å². The van der Waals surface area contributed by atoms with Crippen LogP contribution in [0.4, 0.5) is 0 Å². The highest BCUT2D eigenvalue weighted by Gasteiger charge is 2.34. The van der Waals surface area contributed by atoms with Gasteiger partial charge in [-0.3, -0.25) is 9.59 Å². The lowest BCUT2D eigenvalue weighted by Crippen LogP contribution is -2.45. The number of carbonyl (C=O) groups is 2. The molecule has 0 spiro atoms. The number of hydrogen-bond donors (Lipinski definition) is 0. The topological polar surface area (TPSA) is 84.0 Å². The van der Waals surface area contributed by atoms with Crippen LogP contribution in [0.3, 0.4) is 0 Å². The number of hydrogen-bond acceptors (Lipinski definition) is 5. The standard InChI is InChI=1S/C24H36N2O5S/c1-18(2)17-25(13-12-23(27)31-3)24(28)20-10-14-26(15-11-20)32(29,30)22-9-8-19-6-4-5-7-21(19)16-22/h8-9,16,18,20H,4-7,10-15,17H2,1-3H3. The van der Waals surface area contributed by atoms with Crippen LogP contribution in [0.2, 0.25) is 0 Å². The molecule has 1 aromatic carbocycles. The molecular weight excluding hydrogens is 428 g/mol. The van der Waals surface area contributed by atoms with Gasteiger partial charge in [0.05, 0.1) is 18.4 Å². The summed E-state index contributed by atoms with van der Waals surface area (Å²) in [4.78, 5) is 26.8. The Morgan fingerprint density at radius 1 is 1.12 bits per heavy atom. The van der Waals surface area contributed by atoms with Crippen LogP contribution >= 0.6 is 0 Å². The smallest absolute Gasteiger partial charge is 0.307 e. The third-order valence-corrected chi connectivity index (χ3v) is 8.37. The zero-order valence-corrected chi connectivity index (χ0v) is 20.3. The number of benzene rings is 1. The molecule has 1 fully saturated rings. The summed E-state index contributed by atoms with van der Waals surface area (Å²) in [7, 11) is -2.22. The summed E-state index contributed by atoms with van der Waals surface area (Å²) in [6, 6.07) is 5.54. The zero-order chi connectivity index (χ0) is 23.3. The van der Waals surface area contributed by atoms with Gasteiger partial charge in [0.15, 0.2) is 0 Å². The van der Waals surface area contributed by atoms with Gasteiger partial charge in [0.2, 0.25) is 15.9 Å². The first kappa shape index (κ1) is 24.7. The lowest BCUT2D eigenvalue weighted by atomic mass is 9.92. The van der Waals surface area contributed by atoms with Crippen molar-refractivity contribution in [1.82, 2.24) is 9.21 Å². The minimum Gasteiger partial charge on any atom is -0.469 e. The van der Waals surface area contributed by atoms with Crippen molar-refractivity contribution < 1.29 is 22.7 Å². The van der Waals surface area contributed by atoms with Gasteiger partial charge in [-0.2, -0.15) is 4.31 Å². The third kappa shape index (κ3) is 5.90. The first-order valence-corrected chi connectivity index (χ1v) is 13.1. The Bertz CT molecular complexity index is 920. The normalized spacial score (nSPS) is 17.8. The average molecular weight is 465 g/mol. The molecule has 7 nitrogen and oxygen atoms in total. The van der Waals surface area contributed by atoms with Gasteiger partial charge in [-0.05, 0) is 67.7 Å². The number of carbonyl (C=O) groups excluding carboxylic acids is 2. The van der Waals surface area contributed by atoms with Gasteiger partial charge in [-0.15, -0.1) is 0 Å². The number of nitrogens with zero attached hydrogens (tertiary/aromatic N) is 2. The van der Waals surface area contributed by atoms with E-state index in [0.717, 1.165) is 31.2 Å². The molecular formula is C24H36N2O5S. The van der Waals surface area contributed by atoms with Crippen LogP contribution in [0, 0.1) is 11.8 Å². The second-order valence-corrected chi connectivity index (χ2v) is 11.3. The molecule has 1 aromatic rings. The zero-order valence-electron chi connectivity index (χ0n) is 19.5. The highest BCUT2D eigenvalue weighted by atomic mass is 32.2. The molecule has 3 rings (SSSR count). The molecule has 0 atom stereocenters. The minimum absolute atomic E-state index is 0.00781. The summed E-state index contributed by atoms with van der Waals surface area (Å²) in [6.07, 6.45) is 5.38. The van der Waals surface area contributed by atoms with Crippen LogP contribution in [0.15, 0.2) is 23.1 Å². The van der Waals surface area contributed by atoms with Gasteiger partial charge in [-0.25, -0.2) is 8.42 Å². The summed E-state index contributed by atoms with van der Waals surface area (Å²) in [5.41, 5.74) is 2.41. The number of methoxy groups -OCH3 is 1. The number of aryl methyl sites for hydroxylation is 2. The number of fused-ring (bicyclic) bond motifs is 1. The monoisotopic (exact) mass is 464 g/mol. The molecule has 0 radical (unpaired) electrons. The Balaban J connectivity index is 1.63. The van der Waals surface area contributed by atoms with Crippen LogP contribution in [-0.2, 0) is 37.2 Å². The Labute approximate surface area is 192 Å². The van der Waals surface area contributed by atoms with Crippen molar-refractivity contribution in [3.8, 4) is 0 Å². The van der Waals surface area contributed by atoms with Crippen molar-refractivity contribution in [2.75, 3.05) is 33.3 Å². The maximum Gasteiger partial charge on any atom is 0.307 e. The van der Waals surface area contributed by atoms with Crippen molar-refractivity contribution in [2.24, 2.45) is 11.8 Å². The molecule has 1 amide bonds. The van der Waals surface area contributed by atoms with E-state index < -0.39 is 10.0 Å². The van der Waals surface area contributed by atoms with E-state index >= 15 is 0 Å². The van der Waals surface area contributed by atoms with E-state index in [1.54, 1.807) is 11.0 Å². The summed E-state index contributed by atoms with van der Waals surface area (Å²) >= 11 is 0. The average Bonchev–Trinajstić information content (AvgIpc) is 2.80. The maximum atomic E-state index is 13.2.